The summed E-state index contributed by atoms with van der Waals surface area (Å²) in [5.74, 6) is 0.101. The van der Waals surface area contributed by atoms with E-state index in [1.54, 1.807) is 0 Å². The van der Waals surface area contributed by atoms with Crippen molar-refractivity contribution in [1.29, 1.82) is 0 Å². The first-order valence-electron chi connectivity index (χ1n) is 4.41. The highest BCUT2D eigenvalue weighted by Gasteiger charge is 2.22. The number of benzene rings is 1. The van der Waals surface area contributed by atoms with Gasteiger partial charge in [0.05, 0.1) is 12.7 Å². The van der Waals surface area contributed by atoms with Crippen LogP contribution in [-0.4, -0.2) is 18.6 Å². The Kier molecular flexibility index (Phi) is 2.27. The van der Waals surface area contributed by atoms with Crippen LogP contribution < -0.4 is 10.6 Å². The zero-order chi connectivity index (χ0) is 9.10. The summed E-state index contributed by atoms with van der Waals surface area (Å²) < 4.78 is 0. The minimum Gasteiger partial charge on any atom is -0.342 e. The second-order valence-corrected chi connectivity index (χ2v) is 3.16. The molecule has 0 unspecified atom stereocenters. The van der Waals surface area contributed by atoms with Crippen molar-refractivity contribution in [2.75, 3.05) is 6.67 Å². The maximum atomic E-state index is 11.2. The van der Waals surface area contributed by atoms with Gasteiger partial charge in [-0.3, -0.25) is 10.1 Å². The van der Waals surface area contributed by atoms with Crippen LogP contribution in [0.2, 0.25) is 0 Å². The largest absolute Gasteiger partial charge is 0.342 e. The van der Waals surface area contributed by atoms with Crippen LogP contribution in [0.25, 0.3) is 0 Å². The van der Waals surface area contributed by atoms with E-state index in [1.807, 2.05) is 30.3 Å². The van der Waals surface area contributed by atoms with Crippen LogP contribution >= 0.6 is 0 Å². The summed E-state index contributed by atoms with van der Waals surface area (Å²) in [7, 11) is 0. The number of hydrogen-bond donors (Lipinski definition) is 2. The Morgan fingerprint density at radius 3 is 2.69 bits per heavy atom. The third-order valence-electron chi connectivity index (χ3n) is 2.21. The maximum Gasteiger partial charge on any atom is 0.238 e. The molecule has 1 aromatic carbocycles. The average Bonchev–Trinajstić information content (AvgIpc) is 2.54. The van der Waals surface area contributed by atoms with Crippen LogP contribution in [0, 0.1) is 0 Å². The zero-order valence-electron chi connectivity index (χ0n) is 7.29. The Morgan fingerprint density at radius 2 is 2.08 bits per heavy atom. The van der Waals surface area contributed by atoms with Crippen LogP contribution in [0.15, 0.2) is 30.3 Å². The van der Waals surface area contributed by atoms with E-state index >= 15 is 0 Å². The molecule has 1 atom stereocenters. The molecule has 0 radical (unpaired) electrons. The zero-order valence-corrected chi connectivity index (χ0v) is 7.29. The lowest BCUT2D eigenvalue weighted by atomic mass is 10.1. The molecule has 1 aliphatic heterocycles. The highest BCUT2D eigenvalue weighted by atomic mass is 16.2. The first-order valence-corrected chi connectivity index (χ1v) is 4.41. The molecule has 0 saturated carbocycles. The summed E-state index contributed by atoms with van der Waals surface area (Å²) in [4.78, 5) is 11.2. The van der Waals surface area contributed by atoms with Crippen LogP contribution in [-0.2, 0) is 11.2 Å². The Labute approximate surface area is 77.1 Å². The standard InChI is InChI=1S/C10H12N2O/c13-10-9(11-7-12-10)6-8-4-2-1-3-5-8/h1-5,9,11H,6-7H2,(H,12,13)/t9-/m0/s1. The molecule has 1 aliphatic rings. The molecule has 1 heterocycles. The summed E-state index contributed by atoms with van der Waals surface area (Å²) in [6, 6.07) is 9.97. The van der Waals surface area contributed by atoms with Crippen molar-refractivity contribution >= 4 is 5.91 Å². The molecule has 2 rings (SSSR count). The van der Waals surface area contributed by atoms with Crippen LogP contribution in [0.1, 0.15) is 5.56 Å². The quantitative estimate of drug-likeness (QED) is 0.679. The van der Waals surface area contributed by atoms with Gasteiger partial charge in [0.1, 0.15) is 0 Å². The molecule has 1 fully saturated rings. The van der Waals surface area contributed by atoms with Crippen LogP contribution in [0.4, 0.5) is 0 Å². The van der Waals surface area contributed by atoms with Crippen LogP contribution in [0.3, 0.4) is 0 Å². The summed E-state index contributed by atoms with van der Waals surface area (Å²) in [6.45, 7) is 0.594. The Bertz CT molecular complexity index is 297. The fourth-order valence-corrected chi connectivity index (χ4v) is 1.49. The van der Waals surface area contributed by atoms with Crippen molar-refractivity contribution in [3.05, 3.63) is 35.9 Å². The molecule has 1 amide bonds. The van der Waals surface area contributed by atoms with Gasteiger partial charge in [0.2, 0.25) is 5.91 Å². The SMILES string of the molecule is O=C1NCN[C@H]1Cc1ccccc1. The Balaban J connectivity index is 2.02. The van der Waals surface area contributed by atoms with Gasteiger partial charge in [-0.05, 0) is 12.0 Å². The highest BCUT2D eigenvalue weighted by molar-refractivity contribution is 5.83. The molecule has 0 bridgehead atoms. The van der Waals surface area contributed by atoms with Crippen molar-refractivity contribution in [2.24, 2.45) is 0 Å². The molecule has 68 valence electrons. The molecule has 3 nitrogen and oxygen atoms in total. The average molecular weight is 176 g/mol. The molecule has 1 saturated heterocycles. The highest BCUT2D eigenvalue weighted by Crippen LogP contribution is 2.04. The molecule has 13 heavy (non-hydrogen) atoms. The predicted molar refractivity (Wildman–Crippen MR) is 50.1 cm³/mol. The fraction of sp³-hybridized carbons (Fsp3) is 0.300. The maximum absolute atomic E-state index is 11.2. The molecule has 2 N–H and O–H groups in total. The third-order valence-corrected chi connectivity index (χ3v) is 2.21. The topological polar surface area (TPSA) is 41.1 Å². The fourth-order valence-electron chi connectivity index (χ4n) is 1.49. The summed E-state index contributed by atoms with van der Waals surface area (Å²) in [5, 5.41) is 5.83. The number of hydrogen-bond acceptors (Lipinski definition) is 2. The molecule has 3 heteroatoms. The minimum absolute atomic E-state index is 0.0533. The third kappa shape index (κ3) is 1.87. The van der Waals surface area contributed by atoms with Gasteiger partial charge in [-0.2, -0.15) is 0 Å². The summed E-state index contributed by atoms with van der Waals surface area (Å²) >= 11 is 0. The molecular formula is C10H12N2O. The lowest BCUT2D eigenvalue weighted by Gasteiger charge is -2.06. The van der Waals surface area contributed by atoms with Gasteiger partial charge in [0, 0.05) is 0 Å². The lowest BCUT2D eigenvalue weighted by molar-refractivity contribution is -0.120. The normalized spacial score (nSPS) is 21.5. The van der Waals surface area contributed by atoms with Crippen molar-refractivity contribution < 1.29 is 4.79 Å². The van der Waals surface area contributed by atoms with Gasteiger partial charge >= 0.3 is 0 Å². The monoisotopic (exact) mass is 176 g/mol. The Morgan fingerprint density at radius 1 is 1.31 bits per heavy atom. The van der Waals surface area contributed by atoms with Crippen molar-refractivity contribution in [1.82, 2.24) is 10.6 Å². The second kappa shape index (κ2) is 3.58. The van der Waals surface area contributed by atoms with E-state index in [2.05, 4.69) is 10.6 Å². The van der Waals surface area contributed by atoms with Gasteiger partial charge in [0.25, 0.3) is 0 Å². The van der Waals surface area contributed by atoms with Crippen molar-refractivity contribution in [3.8, 4) is 0 Å². The molecule has 0 spiro atoms. The van der Waals surface area contributed by atoms with Gasteiger partial charge in [0.15, 0.2) is 0 Å². The van der Waals surface area contributed by atoms with E-state index in [4.69, 9.17) is 0 Å². The van der Waals surface area contributed by atoms with Gasteiger partial charge in [-0.15, -0.1) is 0 Å². The number of nitrogens with one attached hydrogen (secondary N) is 2. The first kappa shape index (κ1) is 8.26. The second-order valence-electron chi connectivity index (χ2n) is 3.16. The van der Waals surface area contributed by atoms with Crippen molar-refractivity contribution in [3.63, 3.8) is 0 Å². The number of carbonyl (C=O) groups is 1. The van der Waals surface area contributed by atoms with E-state index in [1.165, 1.54) is 5.56 Å². The molecule has 0 aromatic heterocycles. The predicted octanol–water partition coefficient (Wildman–Crippen LogP) is 0.275. The van der Waals surface area contributed by atoms with Crippen molar-refractivity contribution in [2.45, 2.75) is 12.5 Å². The van der Waals surface area contributed by atoms with Gasteiger partial charge in [-0.25, -0.2) is 0 Å². The van der Waals surface area contributed by atoms with E-state index in [0.717, 1.165) is 6.42 Å². The molecular weight excluding hydrogens is 164 g/mol. The number of rotatable bonds is 2. The lowest BCUT2D eigenvalue weighted by Crippen LogP contribution is -2.30. The minimum atomic E-state index is -0.0533. The van der Waals surface area contributed by atoms with E-state index < -0.39 is 0 Å². The Hall–Kier alpha value is -1.35. The first-order chi connectivity index (χ1) is 6.36. The number of amides is 1. The number of carbonyl (C=O) groups excluding carboxylic acids is 1. The van der Waals surface area contributed by atoms with E-state index in [9.17, 15) is 4.79 Å². The van der Waals surface area contributed by atoms with Crippen LogP contribution in [0.5, 0.6) is 0 Å². The summed E-state index contributed by atoms with van der Waals surface area (Å²) in [5.41, 5.74) is 1.19. The van der Waals surface area contributed by atoms with Gasteiger partial charge in [-0.1, -0.05) is 30.3 Å². The van der Waals surface area contributed by atoms with E-state index in [0.29, 0.717) is 6.67 Å². The summed E-state index contributed by atoms with van der Waals surface area (Å²) in [6.07, 6.45) is 0.771. The smallest absolute Gasteiger partial charge is 0.238 e. The molecule has 0 aliphatic carbocycles. The molecule has 1 aromatic rings. The van der Waals surface area contributed by atoms with E-state index in [-0.39, 0.29) is 11.9 Å². The van der Waals surface area contributed by atoms with Gasteiger partial charge < -0.3 is 5.32 Å².